The number of unbranched alkanes of at least 4 members (excludes halogenated alkanes) is 1. The van der Waals surface area contributed by atoms with Gasteiger partial charge in [-0.25, -0.2) is 0 Å². The van der Waals surface area contributed by atoms with Crippen LogP contribution in [0.2, 0.25) is 0 Å². The van der Waals surface area contributed by atoms with Crippen LogP contribution in [0.5, 0.6) is 0 Å². The number of benzene rings is 1. The van der Waals surface area contributed by atoms with E-state index in [-0.39, 0.29) is 48.8 Å². The molecule has 14 heteroatoms. The number of esters is 1. The molecule has 0 unspecified atom stereocenters. The summed E-state index contributed by atoms with van der Waals surface area (Å²) in [5.41, 5.74) is 0.754. The van der Waals surface area contributed by atoms with E-state index in [9.17, 15) is 24.0 Å². The molecule has 0 bridgehead atoms. The number of carbonyl (C=O) groups is 5. The van der Waals surface area contributed by atoms with Gasteiger partial charge in [0.05, 0.1) is 51.7 Å². The summed E-state index contributed by atoms with van der Waals surface area (Å²) in [6.45, 7) is 18.9. The van der Waals surface area contributed by atoms with E-state index in [1.54, 1.807) is 52.1 Å². The number of ether oxygens (including phenoxy) is 5. The lowest BCUT2D eigenvalue weighted by Gasteiger charge is -2.26. The maximum absolute atomic E-state index is 13.6. The predicted molar refractivity (Wildman–Crippen MR) is 212 cm³/mol. The Morgan fingerprint density at radius 3 is 1.85 bits per heavy atom. The van der Waals surface area contributed by atoms with Crippen molar-refractivity contribution >= 4 is 35.3 Å². The van der Waals surface area contributed by atoms with Gasteiger partial charge in [-0.3, -0.25) is 24.0 Å². The van der Waals surface area contributed by atoms with Crippen molar-refractivity contribution in [1.29, 1.82) is 0 Å². The molecule has 4 N–H and O–H groups in total. The van der Waals surface area contributed by atoms with Gasteiger partial charge < -0.3 is 45.0 Å². The van der Waals surface area contributed by atoms with Gasteiger partial charge in [0.25, 0.3) is 0 Å². The van der Waals surface area contributed by atoms with Crippen LogP contribution in [0.4, 0.5) is 5.69 Å². The molecule has 2 atom stereocenters. The fraction of sp³-hybridized carbons (Fsp3) is 0.732. The summed E-state index contributed by atoms with van der Waals surface area (Å²) in [7, 11) is 1.62. The van der Waals surface area contributed by atoms with Crippen LogP contribution in [0, 0.1) is 16.7 Å². The molecule has 0 saturated heterocycles. The smallest absolute Gasteiger partial charge is 0.311 e. The van der Waals surface area contributed by atoms with Gasteiger partial charge in [-0.1, -0.05) is 46.8 Å². The number of carbonyl (C=O) groups excluding carboxylic acids is 5. The number of amides is 4. The second kappa shape index (κ2) is 27.1. The van der Waals surface area contributed by atoms with E-state index < -0.39 is 29.3 Å². The Morgan fingerprint density at radius 2 is 1.29 bits per heavy atom. The fourth-order valence-corrected chi connectivity index (χ4v) is 5.01. The molecular weight excluding hydrogens is 708 g/mol. The van der Waals surface area contributed by atoms with E-state index in [4.69, 9.17) is 23.7 Å². The van der Waals surface area contributed by atoms with Gasteiger partial charge >= 0.3 is 5.97 Å². The van der Waals surface area contributed by atoms with Crippen LogP contribution in [0.25, 0.3) is 0 Å². The predicted octanol–water partition coefficient (Wildman–Crippen LogP) is 4.93. The van der Waals surface area contributed by atoms with Crippen LogP contribution in [0.15, 0.2) is 24.3 Å². The van der Waals surface area contributed by atoms with Crippen LogP contribution in [0.3, 0.4) is 0 Å². The normalized spacial score (nSPS) is 12.8. The quantitative estimate of drug-likeness (QED) is 0.0674. The second-order valence-corrected chi connectivity index (χ2v) is 16.2. The lowest BCUT2D eigenvalue weighted by molar-refractivity contribution is -0.154. The van der Waals surface area contributed by atoms with Gasteiger partial charge in [-0.05, 0) is 81.9 Å². The van der Waals surface area contributed by atoms with Crippen molar-refractivity contribution in [2.75, 3.05) is 65.2 Å². The molecule has 14 nitrogen and oxygen atoms in total. The minimum Gasteiger partial charge on any atom is -0.460 e. The summed E-state index contributed by atoms with van der Waals surface area (Å²) in [6, 6.07) is 5.21. The number of anilines is 1. The molecule has 0 radical (unpaired) electrons. The molecule has 4 amide bonds. The molecule has 1 aromatic carbocycles. The van der Waals surface area contributed by atoms with Crippen molar-refractivity contribution in [3.05, 3.63) is 29.8 Å². The van der Waals surface area contributed by atoms with Gasteiger partial charge in [0.15, 0.2) is 0 Å². The minimum atomic E-state index is -0.901. The minimum absolute atomic E-state index is 0.1000. The highest BCUT2D eigenvalue weighted by Crippen LogP contribution is 2.22. The monoisotopic (exact) mass is 779 g/mol. The van der Waals surface area contributed by atoms with Gasteiger partial charge in [0.1, 0.15) is 18.7 Å². The van der Waals surface area contributed by atoms with Gasteiger partial charge in [0, 0.05) is 32.2 Å². The Kier molecular flexibility index (Phi) is 24.3. The first kappa shape index (κ1) is 49.4. The molecule has 0 spiro atoms. The SMILES string of the molecule is COCCOCCOCCOCCC(=O)NCCCC[C@H](NC(=O)[C@@H](NC(=O)CCCC(C)(C)C)C(C)C)C(=O)Nc1ccc(COC(=O)C(C)(C)C)cc1. The van der Waals surface area contributed by atoms with Crippen molar-refractivity contribution in [2.45, 2.75) is 119 Å². The molecular formula is C41H70N4O10. The highest BCUT2D eigenvalue weighted by atomic mass is 16.6. The lowest BCUT2D eigenvalue weighted by Crippen LogP contribution is -2.54. The summed E-state index contributed by atoms with van der Waals surface area (Å²) < 4.78 is 26.5. The molecule has 1 rings (SSSR count). The van der Waals surface area contributed by atoms with Crippen molar-refractivity contribution in [3.8, 4) is 0 Å². The van der Waals surface area contributed by atoms with E-state index in [2.05, 4.69) is 42.0 Å². The maximum Gasteiger partial charge on any atom is 0.311 e. The number of nitrogens with one attached hydrogen (secondary N) is 4. The summed E-state index contributed by atoms with van der Waals surface area (Å²) in [6.07, 6.45) is 3.51. The summed E-state index contributed by atoms with van der Waals surface area (Å²) in [5.74, 6) is -1.74. The molecule has 55 heavy (non-hydrogen) atoms. The number of hydrogen-bond donors (Lipinski definition) is 4. The van der Waals surface area contributed by atoms with Crippen molar-refractivity contribution < 1.29 is 47.7 Å². The standard InChI is InChI=1S/C41H70N4O10/c1-30(2)36(45-35(47)14-12-20-40(3,4)5)38(49)44-33(37(48)43-32-17-15-31(16-18-32)29-55-39(50)41(6,7)8)13-10-11-21-42-34(46)19-22-52-25-26-54-28-27-53-24-23-51-9/h15-18,30,33,36H,10-14,19-29H2,1-9H3,(H,42,46)(H,43,48)(H,44,49)(H,45,47)/t33-,36-/m0/s1. The molecule has 0 saturated carbocycles. The average Bonchev–Trinajstić information content (AvgIpc) is 3.10. The first-order chi connectivity index (χ1) is 25.9. The van der Waals surface area contributed by atoms with Crippen LogP contribution < -0.4 is 21.3 Å². The zero-order valence-electron chi connectivity index (χ0n) is 34.9. The Hall–Kier alpha value is -3.59. The molecule has 0 aliphatic rings. The van der Waals surface area contributed by atoms with Crippen LogP contribution in [0.1, 0.15) is 106 Å². The third-order valence-electron chi connectivity index (χ3n) is 8.32. The molecule has 0 aliphatic heterocycles. The van der Waals surface area contributed by atoms with E-state index in [0.717, 1.165) is 12.0 Å². The largest absolute Gasteiger partial charge is 0.460 e. The van der Waals surface area contributed by atoms with E-state index in [0.29, 0.717) is 84.0 Å². The third-order valence-corrected chi connectivity index (χ3v) is 8.32. The van der Waals surface area contributed by atoms with Gasteiger partial charge in [-0.2, -0.15) is 0 Å². The molecule has 0 aromatic heterocycles. The van der Waals surface area contributed by atoms with Crippen LogP contribution >= 0.6 is 0 Å². The Balaban J connectivity index is 2.72. The first-order valence-electron chi connectivity index (χ1n) is 19.6. The molecule has 314 valence electrons. The fourth-order valence-electron chi connectivity index (χ4n) is 5.01. The molecule has 1 aromatic rings. The highest BCUT2D eigenvalue weighted by Gasteiger charge is 2.29. The summed E-state index contributed by atoms with van der Waals surface area (Å²) in [5, 5.41) is 11.5. The summed E-state index contributed by atoms with van der Waals surface area (Å²) >= 11 is 0. The van der Waals surface area contributed by atoms with E-state index in [1.165, 1.54) is 0 Å². The number of rotatable bonds is 28. The maximum atomic E-state index is 13.6. The summed E-state index contributed by atoms with van der Waals surface area (Å²) in [4.78, 5) is 64.4. The Morgan fingerprint density at radius 1 is 0.691 bits per heavy atom. The second-order valence-electron chi connectivity index (χ2n) is 16.2. The number of methoxy groups -OCH3 is 1. The van der Waals surface area contributed by atoms with Crippen molar-refractivity contribution in [3.63, 3.8) is 0 Å². The zero-order valence-corrected chi connectivity index (χ0v) is 34.9. The molecule has 0 heterocycles. The molecule has 0 fully saturated rings. The van der Waals surface area contributed by atoms with Gasteiger partial charge in [-0.15, -0.1) is 0 Å². The van der Waals surface area contributed by atoms with Crippen LogP contribution in [-0.2, 0) is 54.3 Å². The van der Waals surface area contributed by atoms with E-state index in [1.807, 2.05) is 13.8 Å². The van der Waals surface area contributed by atoms with Gasteiger partial charge in [0.2, 0.25) is 23.6 Å². The van der Waals surface area contributed by atoms with Crippen molar-refractivity contribution in [2.24, 2.45) is 16.7 Å². The lowest BCUT2D eigenvalue weighted by atomic mass is 9.90. The van der Waals surface area contributed by atoms with Crippen molar-refractivity contribution in [1.82, 2.24) is 16.0 Å². The van der Waals surface area contributed by atoms with Crippen LogP contribution in [-0.4, -0.2) is 102 Å². The Bertz CT molecular complexity index is 1280. The third kappa shape index (κ3) is 24.5. The number of hydrogen-bond acceptors (Lipinski definition) is 10. The van der Waals surface area contributed by atoms with E-state index >= 15 is 0 Å². The Labute approximate surface area is 329 Å². The average molecular weight is 779 g/mol. The zero-order chi connectivity index (χ0) is 41.3. The highest BCUT2D eigenvalue weighted by molar-refractivity contribution is 5.98. The first-order valence-corrected chi connectivity index (χ1v) is 19.6. The topological polar surface area (TPSA) is 180 Å². The molecule has 0 aliphatic carbocycles.